The Morgan fingerprint density at radius 1 is 0.875 bits per heavy atom. The first-order chi connectivity index (χ1) is 15.6. The molecule has 2 heterocycles. The van der Waals surface area contributed by atoms with E-state index in [2.05, 4.69) is 28.4 Å². The molecule has 0 aliphatic carbocycles. The topological polar surface area (TPSA) is 52.7 Å². The van der Waals surface area contributed by atoms with Gasteiger partial charge in [-0.3, -0.25) is 14.5 Å². The molecule has 2 aliphatic heterocycles. The van der Waals surface area contributed by atoms with Crippen molar-refractivity contribution >= 4 is 11.8 Å². The van der Waals surface area contributed by atoms with Crippen LogP contribution >= 0.6 is 0 Å². The van der Waals surface area contributed by atoms with Crippen LogP contribution in [-0.2, 0) is 17.9 Å². The number of piperidine rings is 2. The van der Waals surface area contributed by atoms with Gasteiger partial charge in [0.1, 0.15) is 5.82 Å². The lowest BCUT2D eigenvalue weighted by Gasteiger charge is -2.31. The number of likely N-dealkylation sites (tertiary alicyclic amines) is 2. The largest absolute Gasteiger partial charge is 0.352 e. The number of hydrogen-bond donors (Lipinski definition) is 1. The molecule has 0 bridgehead atoms. The van der Waals surface area contributed by atoms with E-state index in [0.29, 0.717) is 38.0 Å². The quantitative estimate of drug-likeness (QED) is 0.744. The average Bonchev–Trinajstić information content (AvgIpc) is 2.84. The van der Waals surface area contributed by atoms with E-state index in [1.54, 1.807) is 4.90 Å². The van der Waals surface area contributed by atoms with Gasteiger partial charge in [-0.2, -0.15) is 0 Å². The van der Waals surface area contributed by atoms with E-state index in [4.69, 9.17) is 0 Å². The molecule has 2 fully saturated rings. The van der Waals surface area contributed by atoms with Crippen LogP contribution in [0.2, 0.25) is 0 Å². The fourth-order valence-electron chi connectivity index (χ4n) is 4.69. The molecule has 1 N–H and O–H groups in total. The van der Waals surface area contributed by atoms with Crippen molar-refractivity contribution in [3.8, 4) is 0 Å². The minimum Gasteiger partial charge on any atom is -0.352 e. The molecule has 2 aromatic rings. The van der Waals surface area contributed by atoms with Crippen molar-refractivity contribution in [1.29, 1.82) is 0 Å². The van der Waals surface area contributed by atoms with Crippen LogP contribution in [-0.4, -0.2) is 47.8 Å². The number of rotatable bonds is 6. The fraction of sp³-hybridized carbons (Fsp3) is 0.462. The van der Waals surface area contributed by atoms with Crippen LogP contribution in [0.1, 0.15) is 53.6 Å². The molecule has 0 atom stereocenters. The Kier molecular flexibility index (Phi) is 7.53. The van der Waals surface area contributed by atoms with Gasteiger partial charge in [0.05, 0.1) is 0 Å². The summed E-state index contributed by atoms with van der Waals surface area (Å²) in [5, 5.41) is 3.13. The Balaban J connectivity index is 1.26. The molecule has 5 nitrogen and oxygen atoms in total. The van der Waals surface area contributed by atoms with Crippen LogP contribution in [0.15, 0.2) is 48.5 Å². The first-order valence-electron chi connectivity index (χ1n) is 11.7. The molecule has 2 amide bonds. The summed E-state index contributed by atoms with van der Waals surface area (Å²) in [5.41, 5.74) is 2.95. The van der Waals surface area contributed by atoms with Gasteiger partial charge in [-0.25, -0.2) is 4.39 Å². The highest BCUT2D eigenvalue weighted by atomic mass is 19.1. The SMILES string of the molecule is O=C(NCc1ccccc1CN1CCCCC1)C1CCN(C(=O)c2ccc(F)cc2)CC1. The van der Waals surface area contributed by atoms with Gasteiger partial charge in [-0.1, -0.05) is 30.7 Å². The first kappa shape index (κ1) is 22.5. The number of amides is 2. The summed E-state index contributed by atoms with van der Waals surface area (Å²) in [6.45, 7) is 4.86. The zero-order valence-corrected chi connectivity index (χ0v) is 18.6. The lowest BCUT2D eigenvalue weighted by atomic mass is 9.95. The molecule has 2 aromatic carbocycles. The van der Waals surface area contributed by atoms with Gasteiger partial charge in [-0.05, 0) is 74.2 Å². The molecule has 2 aliphatic rings. The summed E-state index contributed by atoms with van der Waals surface area (Å²) in [6.07, 6.45) is 5.15. The smallest absolute Gasteiger partial charge is 0.253 e. The predicted octanol–water partition coefficient (Wildman–Crippen LogP) is 3.98. The number of nitrogens with one attached hydrogen (secondary N) is 1. The van der Waals surface area contributed by atoms with Crippen molar-refractivity contribution in [2.45, 2.75) is 45.2 Å². The summed E-state index contributed by atoms with van der Waals surface area (Å²) >= 11 is 0. The molecular formula is C26H32FN3O2. The minimum atomic E-state index is -0.352. The standard InChI is InChI=1S/C26H32FN3O2/c27-24-10-8-21(9-11-24)26(32)30-16-12-20(13-17-30)25(31)28-18-22-6-2-3-7-23(22)19-29-14-4-1-5-15-29/h2-3,6-11,20H,1,4-5,12-19H2,(H,28,31). The van der Waals surface area contributed by atoms with Crippen LogP contribution < -0.4 is 5.32 Å². The Labute approximate surface area is 189 Å². The maximum atomic E-state index is 13.1. The van der Waals surface area contributed by atoms with Crippen LogP contribution in [0.5, 0.6) is 0 Å². The van der Waals surface area contributed by atoms with E-state index >= 15 is 0 Å². The molecule has 32 heavy (non-hydrogen) atoms. The number of halogens is 1. The van der Waals surface area contributed by atoms with Crippen molar-refractivity contribution in [2.24, 2.45) is 5.92 Å². The van der Waals surface area contributed by atoms with Crippen LogP contribution in [0.3, 0.4) is 0 Å². The molecule has 0 unspecified atom stereocenters. The van der Waals surface area contributed by atoms with E-state index in [0.717, 1.165) is 19.6 Å². The molecule has 0 aromatic heterocycles. The van der Waals surface area contributed by atoms with Crippen molar-refractivity contribution in [3.63, 3.8) is 0 Å². The lowest BCUT2D eigenvalue weighted by Crippen LogP contribution is -2.43. The third kappa shape index (κ3) is 5.74. The monoisotopic (exact) mass is 437 g/mol. The number of nitrogens with zero attached hydrogens (tertiary/aromatic N) is 2. The Bertz CT molecular complexity index is 917. The predicted molar refractivity (Wildman–Crippen MR) is 122 cm³/mol. The highest BCUT2D eigenvalue weighted by Gasteiger charge is 2.28. The summed E-state index contributed by atoms with van der Waals surface area (Å²) in [6, 6.07) is 14.0. The Morgan fingerprint density at radius 3 is 2.22 bits per heavy atom. The van der Waals surface area contributed by atoms with Gasteiger partial charge in [0.15, 0.2) is 0 Å². The van der Waals surface area contributed by atoms with E-state index in [1.165, 1.54) is 54.7 Å². The minimum absolute atomic E-state index is 0.0617. The van der Waals surface area contributed by atoms with Gasteiger partial charge in [0, 0.05) is 37.7 Å². The average molecular weight is 438 g/mol. The third-order valence-corrected chi connectivity index (χ3v) is 6.66. The second-order valence-electron chi connectivity index (χ2n) is 8.90. The van der Waals surface area contributed by atoms with Crippen LogP contribution in [0.25, 0.3) is 0 Å². The van der Waals surface area contributed by atoms with E-state index in [-0.39, 0.29) is 23.5 Å². The number of carbonyl (C=O) groups excluding carboxylic acids is 2. The highest BCUT2D eigenvalue weighted by Crippen LogP contribution is 2.21. The molecule has 170 valence electrons. The van der Waals surface area contributed by atoms with Gasteiger partial charge >= 0.3 is 0 Å². The maximum Gasteiger partial charge on any atom is 0.253 e. The van der Waals surface area contributed by atoms with Gasteiger partial charge in [-0.15, -0.1) is 0 Å². The van der Waals surface area contributed by atoms with Crippen LogP contribution in [0.4, 0.5) is 4.39 Å². The number of carbonyl (C=O) groups is 2. The maximum absolute atomic E-state index is 13.1. The lowest BCUT2D eigenvalue weighted by molar-refractivity contribution is -0.126. The molecule has 2 saturated heterocycles. The van der Waals surface area contributed by atoms with Crippen molar-refractivity contribution in [2.75, 3.05) is 26.2 Å². The first-order valence-corrected chi connectivity index (χ1v) is 11.7. The van der Waals surface area contributed by atoms with E-state index < -0.39 is 0 Å². The summed E-state index contributed by atoms with van der Waals surface area (Å²) < 4.78 is 13.1. The second kappa shape index (κ2) is 10.7. The van der Waals surface area contributed by atoms with Crippen LogP contribution in [0, 0.1) is 11.7 Å². The Hall–Kier alpha value is -2.73. The molecular weight excluding hydrogens is 405 g/mol. The summed E-state index contributed by atoms with van der Waals surface area (Å²) in [7, 11) is 0. The highest BCUT2D eigenvalue weighted by molar-refractivity contribution is 5.94. The molecule has 0 saturated carbocycles. The zero-order valence-electron chi connectivity index (χ0n) is 18.6. The summed E-state index contributed by atoms with van der Waals surface area (Å²) in [5.74, 6) is -0.474. The fourth-order valence-corrected chi connectivity index (χ4v) is 4.69. The normalized spacial score (nSPS) is 17.8. The van der Waals surface area contributed by atoms with Crippen molar-refractivity contribution in [1.82, 2.24) is 15.1 Å². The molecule has 6 heteroatoms. The molecule has 0 spiro atoms. The summed E-state index contributed by atoms with van der Waals surface area (Å²) in [4.78, 5) is 29.6. The second-order valence-corrected chi connectivity index (χ2v) is 8.90. The van der Waals surface area contributed by atoms with Crippen molar-refractivity contribution < 1.29 is 14.0 Å². The molecule has 0 radical (unpaired) electrons. The van der Waals surface area contributed by atoms with E-state index in [1.807, 2.05) is 6.07 Å². The van der Waals surface area contributed by atoms with E-state index in [9.17, 15) is 14.0 Å². The van der Waals surface area contributed by atoms with Gasteiger partial charge in [0.2, 0.25) is 5.91 Å². The van der Waals surface area contributed by atoms with Gasteiger partial charge in [0.25, 0.3) is 5.91 Å². The molecule has 4 rings (SSSR count). The zero-order chi connectivity index (χ0) is 22.3. The number of benzene rings is 2. The number of hydrogen-bond acceptors (Lipinski definition) is 3. The third-order valence-electron chi connectivity index (χ3n) is 6.66. The Morgan fingerprint density at radius 2 is 1.53 bits per heavy atom. The van der Waals surface area contributed by atoms with Crippen molar-refractivity contribution in [3.05, 3.63) is 71.0 Å². The van der Waals surface area contributed by atoms with Gasteiger partial charge < -0.3 is 10.2 Å².